The third kappa shape index (κ3) is 5.19. The number of amides is 1. The molecule has 1 atom stereocenters. The van der Waals surface area contributed by atoms with Crippen molar-refractivity contribution >= 4 is 17.7 Å². The fourth-order valence-corrected chi connectivity index (χ4v) is 4.34. The van der Waals surface area contributed by atoms with Crippen molar-refractivity contribution in [2.45, 2.75) is 23.2 Å². The van der Waals surface area contributed by atoms with Crippen LogP contribution in [0.25, 0.3) is 0 Å². The van der Waals surface area contributed by atoms with Gasteiger partial charge in [0, 0.05) is 30.4 Å². The fourth-order valence-electron chi connectivity index (χ4n) is 3.27. The van der Waals surface area contributed by atoms with E-state index in [2.05, 4.69) is 22.4 Å². The Kier molecular flexibility index (Phi) is 6.62. The van der Waals surface area contributed by atoms with Crippen molar-refractivity contribution in [3.05, 3.63) is 120 Å². The van der Waals surface area contributed by atoms with E-state index >= 15 is 0 Å². The molecule has 0 radical (unpaired) electrons. The van der Waals surface area contributed by atoms with E-state index in [-0.39, 0.29) is 11.2 Å². The van der Waals surface area contributed by atoms with Crippen molar-refractivity contribution in [2.24, 2.45) is 0 Å². The number of nitrogens with one attached hydrogen (secondary N) is 1. The molecule has 1 heterocycles. The summed E-state index contributed by atoms with van der Waals surface area (Å²) in [5.41, 5.74) is 3.27. The van der Waals surface area contributed by atoms with Crippen LogP contribution in [0.4, 0.5) is 0 Å². The lowest BCUT2D eigenvalue weighted by molar-refractivity contribution is -0.120. The van der Waals surface area contributed by atoms with E-state index in [0.717, 1.165) is 22.6 Å². The molecule has 4 nitrogen and oxygen atoms in total. The highest BCUT2D eigenvalue weighted by atomic mass is 32.2. The van der Waals surface area contributed by atoms with Gasteiger partial charge < -0.3 is 9.88 Å². The largest absolute Gasteiger partial charge is 0.351 e. The molecule has 0 unspecified atom stereocenters. The minimum Gasteiger partial charge on any atom is -0.351 e. The monoisotopic (exact) mass is 413 g/mol. The number of rotatable bonds is 8. The molecular formula is C25H23N3OS. The molecule has 0 spiro atoms. The average molecular weight is 414 g/mol. The van der Waals surface area contributed by atoms with Gasteiger partial charge in [-0.25, -0.2) is 4.98 Å². The number of hydrogen-bond acceptors (Lipinski definition) is 3. The molecule has 0 aliphatic rings. The Morgan fingerprint density at radius 1 is 0.900 bits per heavy atom. The Hall–Kier alpha value is -3.31. The normalized spacial score (nSPS) is 11.7. The predicted octanol–water partition coefficient (Wildman–Crippen LogP) is 5.08. The molecule has 0 saturated heterocycles. The molecule has 4 aromatic rings. The predicted molar refractivity (Wildman–Crippen MR) is 121 cm³/mol. The number of nitrogens with zero attached hydrogens (tertiary/aromatic N) is 2. The van der Waals surface area contributed by atoms with Gasteiger partial charge in [0.25, 0.3) is 0 Å². The summed E-state index contributed by atoms with van der Waals surface area (Å²) in [5, 5.41) is 2.84. The molecular weight excluding hydrogens is 390 g/mol. The zero-order valence-corrected chi connectivity index (χ0v) is 17.3. The van der Waals surface area contributed by atoms with Crippen LogP contribution >= 0.6 is 11.8 Å². The third-order valence-corrected chi connectivity index (χ3v) is 6.09. The first-order chi connectivity index (χ1) is 14.8. The van der Waals surface area contributed by atoms with Gasteiger partial charge in [-0.2, -0.15) is 0 Å². The van der Waals surface area contributed by atoms with E-state index in [1.165, 1.54) is 5.56 Å². The second-order valence-corrected chi connectivity index (χ2v) is 8.12. The Morgan fingerprint density at radius 3 is 2.27 bits per heavy atom. The van der Waals surface area contributed by atoms with Crippen LogP contribution in [0, 0.1) is 0 Å². The molecule has 1 aromatic heterocycles. The lowest BCUT2D eigenvalue weighted by Gasteiger charge is -2.18. The highest BCUT2D eigenvalue weighted by Gasteiger charge is 2.22. The van der Waals surface area contributed by atoms with Gasteiger partial charge in [-0.15, -0.1) is 11.8 Å². The second kappa shape index (κ2) is 9.94. The smallest absolute Gasteiger partial charge is 0.238 e. The van der Waals surface area contributed by atoms with E-state index in [1.807, 2.05) is 83.6 Å². The molecule has 4 rings (SSSR count). The number of carbonyl (C=O) groups is 1. The summed E-state index contributed by atoms with van der Waals surface area (Å²) in [6.07, 6.45) is 5.52. The Morgan fingerprint density at radius 2 is 1.57 bits per heavy atom. The van der Waals surface area contributed by atoms with E-state index in [1.54, 1.807) is 24.3 Å². The molecule has 3 aromatic carbocycles. The first-order valence-corrected chi connectivity index (χ1v) is 10.7. The topological polar surface area (TPSA) is 46.9 Å². The van der Waals surface area contributed by atoms with Crippen LogP contribution in [0.1, 0.15) is 21.9 Å². The van der Waals surface area contributed by atoms with Crippen LogP contribution in [-0.2, 0) is 17.9 Å². The molecule has 0 saturated carbocycles. The third-order valence-electron chi connectivity index (χ3n) is 4.82. The van der Waals surface area contributed by atoms with Crippen molar-refractivity contribution in [1.29, 1.82) is 0 Å². The Labute approximate surface area is 181 Å². The van der Waals surface area contributed by atoms with E-state index in [0.29, 0.717) is 6.54 Å². The molecule has 0 fully saturated rings. The van der Waals surface area contributed by atoms with Crippen LogP contribution in [-0.4, -0.2) is 15.5 Å². The number of aromatic nitrogens is 2. The van der Waals surface area contributed by atoms with Gasteiger partial charge in [-0.1, -0.05) is 72.8 Å². The first-order valence-electron chi connectivity index (χ1n) is 9.86. The SMILES string of the molecule is O=C(NCc1ccccc1Cn1ccnc1)[C@H](Sc1ccccc1)c1ccccc1. The van der Waals surface area contributed by atoms with Gasteiger partial charge in [-0.3, -0.25) is 4.79 Å². The molecule has 0 aliphatic heterocycles. The fraction of sp³-hybridized carbons (Fsp3) is 0.120. The maximum Gasteiger partial charge on any atom is 0.238 e. The molecule has 1 amide bonds. The molecule has 0 bridgehead atoms. The number of benzene rings is 3. The molecule has 150 valence electrons. The van der Waals surface area contributed by atoms with Crippen molar-refractivity contribution in [3.63, 3.8) is 0 Å². The zero-order chi connectivity index (χ0) is 20.6. The number of imidazole rings is 1. The minimum atomic E-state index is -0.311. The van der Waals surface area contributed by atoms with Gasteiger partial charge in [0.15, 0.2) is 0 Å². The van der Waals surface area contributed by atoms with Crippen molar-refractivity contribution in [2.75, 3.05) is 0 Å². The van der Waals surface area contributed by atoms with Gasteiger partial charge in [0.05, 0.1) is 6.33 Å². The van der Waals surface area contributed by atoms with E-state index in [4.69, 9.17) is 0 Å². The number of carbonyl (C=O) groups excluding carboxylic acids is 1. The van der Waals surface area contributed by atoms with Crippen LogP contribution in [0.15, 0.2) is 109 Å². The van der Waals surface area contributed by atoms with Gasteiger partial charge in [0.2, 0.25) is 5.91 Å². The number of thioether (sulfide) groups is 1. The van der Waals surface area contributed by atoms with Gasteiger partial charge >= 0.3 is 0 Å². The van der Waals surface area contributed by atoms with Crippen LogP contribution in [0.2, 0.25) is 0 Å². The standard InChI is InChI=1S/C25H23N3OS/c29-25(24(20-9-3-1-4-10-20)30-23-13-5-2-6-14-23)27-17-21-11-7-8-12-22(21)18-28-16-15-26-19-28/h1-16,19,24H,17-18H2,(H,27,29)/t24-/m1/s1. The number of hydrogen-bond donors (Lipinski definition) is 1. The summed E-state index contributed by atoms with van der Waals surface area (Å²) in [5.74, 6) is 0.00693. The molecule has 0 aliphatic carbocycles. The maximum atomic E-state index is 13.2. The summed E-state index contributed by atoms with van der Waals surface area (Å²) >= 11 is 1.57. The summed E-state index contributed by atoms with van der Waals surface area (Å²) in [7, 11) is 0. The van der Waals surface area contributed by atoms with Crippen LogP contribution in [0.5, 0.6) is 0 Å². The average Bonchev–Trinajstić information content (AvgIpc) is 3.31. The van der Waals surface area contributed by atoms with Crippen molar-refractivity contribution < 1.29 is 4.79 Å². The van der Waals surface area contributed by atoms with Crippen LogP contribution in [0.3, 0.4) is 0 Å². The van der Waals surface area contributed by atoms with E-state index in [9.17, 15) is 4.79 Å². The molecule has 30 heavy (non-hydrogen) atoms. The second-order valence-electron chi connectivity index (χ2n) is 6.94. The zero-order valence-electron chi connectivity index (χ0n) is 16.5. The lowest BCUT2D eigenvalue weighted by Crippen LogP contribution is -2.28. The van der Waals surface area contributed by atoms with Gasteiger partial charge in [-0.05, 0) is 28.8 Å². The lowest BCUT2D eigenvalue weighted by atomic mass is 10.1. The Bertz CT molecular complexity index is 1070. The summed E-state index contributed by atoms with van der Waals surface area (Å²) < 4.78 is 2.03. The maximum absolute atomic E-state index is 13.2. The summed E-state index contributed by atoms with van der Waals surface area (Å²) in [6, 6.07) is 28.2. The highest BCUT2D eigenvalue weighted by molar-refractivity contribution is 8.00. The minimum absolute atomic E-state index is 0.00693. The first kappa shape index (κ1) is 20.0. The quantitative estimate of drug-likeness (QED) is 0.410. The molecule has 1 N–H and O–H groups in total. The van der Waals surface area contributed by atoms with Crippen molar-refractivity contribution in [3.8, 4) is 0 Å². The van der Waals surface area contributed by atoms with Gasteiger partial charge in [0.1, 0.15) is 5.25 Å². The van der Waals surface area contributed by atoms with Crippen molar-refractivity contribution in [1.82, 2.24) is 14.9 Å². The van der Waals surface area contributed by atoms with Crippen LogP contribution < -0.4 is 5.32 Å². The molecule has 5 heteroatoms. The highest BCUT2D eigenvalue weighted by Crippen LogP contribution is 2.35. The summed E-state index contributed by atoms with van der Waals surface area (Å²) in [6.45, 7) is 1.22. The van der Waals surface area contributed by atoms with E-state index < -0.39 is 0 Å². The Balaban J connectivity index is 1.49. The summed E-state index contributed by atoms with van der Waals surface area (Å²) in [4.78, 5) is 18.4.